The fraction of sp³-hybridized carbons (Fsp3) is 0.643. The fourth-order valence-electron chi connectivity index (χ4n) is 2.76. The number of hydrogen-bond donors (Lipinski definition) is 0. The molecule has 1 saturated carbocycles. The largest absolute Gasteiger partial charge is 0.489 e. The molecule has 0 radical (unpaired) electrons. The summed E-state index contributed by atoms with van der Waals surface area (Å²) in [7, 11) is 0. The number of hydrogen-bond acceptors (Lipinski definition) is 3. The lowest BCUT2D eigenvalue weighted by Crippen LogP contribution is -2.48. The van der Waals surface area contributed by atoms with E-state index < -0.39 is 0 Å². The number of halogens is 1. The highest BCUT2D eigenvalue weighted by atomic mass is 79.9. The van der Waals surface area contributed by atoms with Crippen molar-refractivity contribution in [1.82, 2.24) is 4.98 Å². The van der Waals surface area contributed by atoms with Gasteiger partial charge in [0.2, 0.25) is 0 Å². The summed E-state index contributed by atoms with van der Waals surface area (Å²) in [6, 6.07) is 4.01. The molecule has 4 heteroatoms. The van der Waals surface area contributed by atoms with Crippen LogP contribution in [0.4, 0.5) is 0 Å². The molecule has 1 aliphatic heterocycles. The maximum absolute atomic E-state index is 6.03. The first kappa shape index (κ1) is 12.4. The highest BCUT2D eigenvalue weighted by molar-refractivity contribution is 9.08. The van der Waals surface area contributed by atoms with E-state index in [0.29, 0.717) is 0 Å². The second-order valence-corrected chi connectivity index (χ2v) is 5.80. The van der Waals surface area contributed by atoms with Crippen LogP contribution in [0.15, 0.2) is 18.3 Å². The number of ether oxygens (including phenoxy) is 2. The van der Waals surface area contributed by atoms with Crippen LogP contribution in [-0.2, 0) is 10.1 Å². The molecular formula is C14H18BrNO2. The zero-order valence-electron chi connectivity index (χ0n) is 10.4. The molecule has 0 bridgehead atoms. The molecular weight excluding hydrogens is 294 g/mol. The van der Waals surface area contributed by atoms with Gasteiger partial charge in [0.1, 0.15) is 11.9 Å². The lowest BCUT2D eigenvalue weighted by molar-refractivity contribution is -0.153. The molecule has 1 aliphatic carbocycles. The SMILES string of the molecule is BrCc1ccc(OC2CCOC3(CCC3)C2)cn1. The first-order valence-electron chi connectivity index (χ1n) is 6.61. The van der Waals surface area contributed by atoms with Gasteiger partial charge >= 0.3 is 0 Å². The number of nitrogens with zero attached hydrogens (tertiary/aromatic N) is 1. The minimum absolute atomic E-state index is 0.145. The van der Waals surface area contributed by atoms with Gasteiger partial charge in [-0.1, -0.05) is 15.9 Å². The molecule has 0 aromatic carbocycles. The maximum Gasteiger partial charge on any atom is 0.138 e. The molecule has 1 spiro atoms. The van der Waals surface area contributed by atoms with Crippen molar-refractivity contribution >= 4 is 15.9 Å². The molecule has 0 N–H and O–H groups in total. The molecule has 1 saturated heterocycles. The van der Waals surface area contributed by atoms with Gasteiger partial charge in [-0.2, -0.15) is 0 Å². The van der Waals surface area contributed by atoms with Gasteiger partial charge in [0.05, 0.1) is 24.1 Å². The van der Waals surface area contributed by atoms with Crippen molar-refractivity contribution in [3.63, 3.8) is 0 Å². The lowest BCUT2D eigenvalue weighted by atomic mass is 9.74. The van der Waals surface area contributed by atoms with Gasteiger partial charge < -0.3 is 9.47 Å². The van der Waals surface area contributed by atoms with Crippen LogP contribution in [0.25, 0.3) is 0 Å². The Morgan fingerprint density at radius 1 is 1.44 bits per heavy atom. The Hall–Kier alpha value is -0.610. The average Bonchev–Trinajstić information content (AvgIpc) is 2.38. The van der Waals surface area contributed by atoms with Crippen molar-refractivity contribution in [1.29, 1.82) is 0 Å². The van der Waals surface area contributed by atoms with Crippen molar-refractivity contribution in [3.8, 4) is 5.75 Å². The first-order valence-corrected chi connectivity index (χ1v) is 7.73. The predicted molar refractivity (Wildman–Crippen MR) is 73.1 cm³/mol. The monoisotopic (exact) mass is 311 g/mol. The minimum Gasteiger partial charge on any atom is -0.489 e. The molecule has 3 nitrogen and oxygen atoms in total. The van der Waals surface area contributed by atoms with Crippen LogP contribution in [0, 0.1) is 0 Å². The molecule has 2 aliphatic rings. The summed E-state index contributed by atoms with van der Waals surface area (Å²) in [6.07, 6.45) is 7.83. The molecule has 98 valence electrons. The summed E-state index contributed by atoms with van der Waals surface area (Å²) in [5, 5.41) is 0.785. The molecule has 1 atom stereocenters. The van der Waals surface area contributed by atoms with Crippen molar-refractivity contribution in [3.05, 3.63) is 24.0 Å². The van der Waals surface area contributed by atoms with Gasteiger partial charge in [-0.3, -0.25) is 4.98 Å². The van der Waals surface area contributed by atoms with E-state index in [0.717, 1.165) is 36.2 Å². The van der Waals surface area contributed by atoms with E-state index >= 15 is 0 Å². The van der Waals surface area contributed by atoms with Crippen LogP contribution < -0.4 is 4.74 Å². The van der Waals surface area contributed by atoms with Crippen molar-refractivity contribution in [2.45, 2.75) is 49.1 Å². The van der Waals surface area contributed by atoms with E-state index in [1.165, 1.54) is 19.3 Å². The van der Waals surface area contributed by atoms with Gasteiger partial charge in [0.25, 0.3) is 0 Å². The Labute approximate surface area is 116 Å². The Bertz CT molecular complexity index is 403. The Kier molecular flexibility index (Phi) is 3.57. The third-order valence-electron chi connectivity index (χ3n) is 3.95. The number of pyridine rings is 1. The third-order valence-corrected chi connectivity index (χ3v) is 4.52. The van der Waals surface area contributed by atoms with Crippen molar-refractivity contribution in [2.24, 2.45) is 0 Å². The lowest BCUT2D eigenvalue weighted by Gasteiger charge is -2.46. The third kappa shape index (κ3) is 2.54. The Morgan fingerprint density at radius 2 is 2.33 bits per heavy atom. The molecule has 18 heavy (non-hydrogen) atoms. The predicted octanol–water partition coefficient (Wildman–Crippen LogP) is 3.46. The van der Waals surface area contributed by atoms with E-state index in [1.807, 2.05) is 18.3 Å². The fourth-order valence-corrected chi connectivity index (χ4v) is 3.09. The summed E-state index contributed by atoms with van der Waals surface area (Å²) in [5.74, 6) is 0.876. The van der Waals surface area contributed by atoms with Gasteiger partial charge in [0.15, 0.2) is 0 Å². The summed E-state index contributed by atoms with van der Waals surface area (Å²) in [4.78, 5) is 4.33. The van der Waals surface area contributed by atoms with E-state index in [1.54, 1.807) is 0 Å². The van der Waals surface area contributed by atoms with Crippen molar-refractivity contribution < 1.29 is 9.47 Å². The number of aromatic nitrogens is 1. The second-order valence-electron chi connectivity index (χ2n) is 5.24. The second kappa shape index (κ2) is 5.17. The molecule has 2 fully saturated rings. The summed E-state index contributed by atoms with van der Waals surface area (Å²) in [5.41, 5.74) is 1.18. The quantitative estimate of drug-likeness (QED) is 0.801. The topological polar surface area (TPSA) is 31.4 Å². The van der Waals surface area contributed by atoms with Crippen LogP contribution >= 0.6 is 15.9 Å². The normalized spacial score (nSPS) is 25.7. The zero-order valence-corrected chi connectivity index (χ0v) is 12.0. The van der Waals surface area contributed by atoms with Gasteiger partial charge in [0, 0.05) is 18.2 Å². The van der Waals surface area contributed by atoms with E-state index in [9.17, 15) is 0 Å². The van der Waals surface area contributed by atoms with Gasteiger partial charge in [-0.15, -0.1) is 0 Å². The minimum atomic E-state index is 0.145. The van der Waals surface area contributed by atoms with Crippen LogP contribution in [0.2, 0.25) is 0 Å². The van der Waals surface area contributed by atoms with Crippen LogP contribution in [0.5, 0.6) is 5.75 Å². The molecule has 1 aromatic rings. The smallest absolute Gasteiger partial charge is 0.138 e. The summed E-state index contributed by atoms with van der Waals surface area (Å²) in [6.45, 7) is 0.831. The Balaban J connectivity index is 1.61. The van der Waals surface area contributed by atoms with E-state index in [4.69, 9.17) is 9.47 Å². The molecule has 3 rings (SSSR count). The van der Waals surface area contributed by atoms with Crippen LogP contribution in [0.3, 0.4) is 0 Å². The Morgan fingerprint density at radius 3 is 2.94 bits per heavy atom. The van der Waals surface area contributed by atoms with Crippen molar-refractivity contribution in [2.75, 3.05) is 6.61 Å². The molecule has 1 unspecified atom stereocenters. The highest BCUT2D eigenvalue weighted by Gasteiger charge is 2.43. The van der Waals surface area contributed by atoms with Crippen LogP contribution in [0.1, 0.15) is 37.8 Å². The first-order chi connectivity index (χ1) is 8.80. The number of alkyl halides is 1. The zero-order chi connectivity index (χ0) is 12.4. The molecule has 2 heterocycles. The summed E-state index contributed by atoms with van der Waals surface area (Å²) >= 11 is 3.39. The number of rotatable bonds is 3. The van der Waals surface area contributed by atoms with Gasteiger partial charge in [-0.05, 0) is 31.4 Å². The maximum atomic E-state index is 6.03. The van der Waals surface area contributed by atoms with Gasteiger partial charge in [-0.25, -0.2) is 0 Å². The standard InChI is InChI=1S/C14H18BrNO2/c15-9-11-2-3-13(10-16-11)18-12-4-7-17-14(8-12)5-1-6-14/h2-3,10,12H,1,4-9H2. The molecule has 1 aromatic heterocycles. The van der Waals surface area contributed by atoms with Crippen LogP contribution in [-0.4, -0.2) is 23.3 Å². The highest BCUT2D eigenvalue weighted by Crippen LogP contribution is 2.43. The average molecular weight is 312 g/mol. The summed E-state index contributed by atoms with van der Waals surface area (Å²) < 4.78 is 11.9. The molecule has 0 amide bonds. The van der Waals surface area contributed by atoms with E-state index in [-0.39, 0.29) is 11.7 Å². The van der Waals surface area contributed by atoms with E-state index in [2.05, 4.69) is 20.9 Å².